The van der Waals surface area contributed by atoms with Gasteiger partial charge in [0.1, 0.15) is 11.2 Å². The first-order valence-electron chi connectivity index (χ1n) is 20.0. The third-order valence-corrected chi connectivity index (χ3v) is 11.3. The molecule has 2 heterocycles. The van der Waals surface area contributed by atoms with Crippen molar-refractivity contribution in [3.05, 3.63) is 218 Å². The Morgan fingerprint density at radius 1 is 0.288 bits per heavy atom. The van der Waals surface area contributed by atoms with Crippen molar-refractivity contribution >= 4 is 32.7 Å². The lowest BCUT2D eigenvalue weighted by Gasteiger charge is -2.16. The van der Waals surface area contributed by atoms with Crippen LogP contribution in [0.3, 0.4) is 0 Å². The van der Waals surface area contributed by atoms with E-state index in [0.717, 1.165) is 89.0 Å². The van der Waals surface area contributed by atoms with Gasteiger partial charge in [0.05, 0.1) is 11.4 Å². The maximum Gasteiger partial charge on any atom is 0.160 e. The second-order valence-corrected chi connectivity index (χ2v) is 15.0. The van der Waals surface area contributed by atoms with Gasteiger partial charge in [0.2, 0.25) is 0 Å². The standard InChI is InChI=1S/C56H36N2O/c1-4-15-37(16-5-1)43-29-30-48(51(35-43)39-18-6-2-7-19-39)53-36-52(57-56(58-53)40-20-8-3-9-21-40)46-33-44(42-28-27-38-17-10-11-22-41(38)31-42)32-45(34-46)47-24-14-25-50-49-23-12-13-26-54(49)59-55(47)50/h1-36H. The molecule has 0 aliphatic rings. The first kappa shape index (κ1) is 34.4. The smallest absolute Gasteiger partial charge is 0.160 e. The van der Waals surface area contributed by atoms with Crippen LogP contribution in [0.5, 0.6) is 0 Å². The van der Waals surface area contributed by atoms with Gasteiger partial charge < -0.3 is 4.42 Å². The summed E-state index contributed by atoms with van der Waals surface area (Å²) in [5.41, 5.74) is 15.3. The highest BCUT2D eigenvalue weighted by Crippen LogP contribution is 2.41. The van der Waals surface area contributed by atoms with Gasteiger partial charge in [-0.05, 0) is 92.2 Å². The highest BCUT2D eigenvalue weighted by Gasteiger charge is 2.19. The van der Waals surface area contributed by atoms with E-state index in [1.165, 1.54) is 16.3 Å². The molecule has 0 bridgehead atoms. The van der Waals surface area contributed by atoms with Gasteiger partial charge in [-0.15, -0.1) is 0 Å². The Kier molecular flexibility index (Phi) is 8.49. The zero-order valence-electron chi connectivity index (χ0n) is 32.1. The molecule has 0 saturated heterocycles. The van der Waals surface area contributed by atoms with Crippen molar-refractivity contribution in [2.24, 2.45) is 0 Å². The van der Waals surface area contributed by atoms with Crippen molar-refractivity contribution in [1.29, 1.82) is 0 Å². The summed E-state index contributed by atoms with van der Waals surface area (Å²) in [6.07, 6.45) is 0. The number of furan rings is 1. The summed E-state index contributed by atoms with van der Waals surface area (Å²) >= 11 is 0. The summed E-state index contributed by atoms with van der Waals surface area (Å²) in [5, 5.41) is 4.61. The quantitative estimate of drug-likeness (QED) is 0.163. The Balaban J connectivity index is 1.16. The van der Waals surface area contributed by atoms with Crippen molar-refractivity contribution in [1.82, 2.24) is 9.97 Å². The fourth-order valence-electron chi connectivity index (χ4n) is 8.32. The summed E-state index contributed by atoms with van der Waals surface area (Å²) in [6.45, 7) is 0. The summed E-state index contributed by atoms with van der Waals surface area (Å²) in [7, 11) is 0. The number of rotatable bonds is 7. The minimum atomic E-state index is 0.668. The van der Waals surface area contributed by atoms with Gasteiger partial charge >= 0.3 is 0 Å². The first-order valence-corrected chi connectivity index (χ1v) is 20.0. The molecule has 0 aliphatic heterocycles. The molecule has 0 fully saturated rings. The highest BCUT2D eigenvalue weighted by atomic mass is 16.3. The molecular formula is C56H36N2O. The van der Waals surface area contributed by atoms with E-state index in [9.17, 15) is 0 Å². The molecule has 276 valence electrons. The van der Waals surface area contributed by atoms with Gasteiger partial charge in [-0.25, -0.2) is 9.97 Å². The molecular weight excluding hydrogens is 717 g/mol. The van der Waals surface area contributed by atoms with E-state index < -0.39 is 0 Å². The zero-order valence-corrected chi connectivity index (χ0v) is 32.1. The zero-order chi connectivity index (χ0) is 39.1. The molecule has 59 heavy (non-hydrogen) atoms. The Morgan fingerprint density at radius 3 is 1.71 bits per heavy atom. The van der Waals surface area contributed by atoms with Gasteiger partial charge in [0.25, 0.3) is 0 Å². The number of fused-ring (bicyclic) bond motifs is 4. The molecule has 0 saturated carbocycles. The lowest BCUT2D eigenvalue weighted by atomic mass is 9.91. The largest absolute Gasteiger partial charge is 0.455 e. The number of hydrogen-bond donors (Lipinski definition) is 0. The first-order chi connectivity index (χ1) is 29.2. The predicted octanol–water partition coefficient (Wildman–Crippen LogP) is 15.2. The highest BCUT2D eigenvalue weighted by molar-refractivity contribution is 6.10. The second kappa shape index (κ2) is 14.6. The van der Waals surface area contributed by atoms with Gasteiger partial charge in [-0.2, -0.15) is 0 Å². The van der Waals surface area contributed by atoms with Crippen molar-refractivity contribution in [2.75, 3.05) is 0 Å². The van der Waals surface area contributed by atoms with Crippen LogP contribution in [0, 0.1) is 0 Å². The molecule has 0 atom stereocenters. The van der Waals surface area contributed by atoms with Crippen LogP contribution in [0.4, 0.5) is 0 Å². The fraction of sp³-hybridized carbons (Fsp3) is 0. The van der Waals surface area contributed by atoms with Crippen LogP contribution in [0.1, 0.15) is 0 Å². The SMILES string of the molecule is c1ccc(-c2ccc(-c3cc(-c4cc(-c5ccc6ccccc6c5)cc(-c5cccc6c5oc5ccccc56)c4)nc(-c4ccccc4)n3)c(-c3ccccc3)c2)cc1. The van der Waals surface area contributed by atoms with E-state index in [1.54, 1.807) is 0 Å². The topological polar surface area (TPSA) is 38.9 Å². The number of benzene rings is 9. The van der Waals surface area contributed by atoms with Crippen LogP contribution in [0.2, 0.25) is 0 Å². The Labute approximate surface area is 342 Å². The minimum Gasteiger partial charge on any atom is -0.455 e. The molecule has 0 spiro atoms. The van der Waals surface area contributed by atoms with E-state index in [0.29, 0.717) is 5.82 Å². The Bertz CT molecular complexity index is 3310. The second-order valence-electron chi connectivity index (χ2n) is 15.0. The van der Waals surface area contributed by atoms with E-state index in [-0.39, 0.29) is 0 Å². The normalized spacial score (nSPS) is 11.4. The van der Waals surface area contributed by atoms with Gasteiger partial charge in [0, 0.05) is 33.0 Å². The summed E-state index contributed by atoms with van der Waals surface area (Å²) in [6, 6.07) is 77.0. The molecule has 9 aromatic carbocycles. The monoisotopic (exact) mass is 752 g/mol. The van der Waals surface area contributed by atoms with Gasteiger partial charge in [-0.3, -0.25) is 0 Å². The molecule has 0 unspecified atom stereocenters. The van der Waals surface area contributed by atoms with Gasteiger partial charge in [-0.1, -0.05) is 176 Å². The molecule has 0 amide bonds. The van der Waals surface area contributed by atoms with Gasteiger partial charge in [0.15, 0.2) is 5.82 Å². The minimum absolute atomic E-state index is 0.668. The van der Waals surface area contributed by atoms with Crippen molar-refractivity contribution in [3.8, 4) is 78.4 Å². The third kappa shape index (κ3) is 6.45. The van der Waals surface area contributed by atoms with Crippen LogP contribution in [-0.2, 0) is 0 Å². The fourth-order valence-corrected chi connectivity index (χ4v) is 8.32. The summed E-state index contributed by atoms with van der Waals surface area (Å²) < 4.78 is 6.61. The number of aromatic nitrogens is 2. The number of para-hydroxylation sites is 2. The molecule has 11 aromatic rings. The van der Waals surface area contributed by atoms with E-state index in [4.69, 9.17) is 14.4 Å². The van der Waals surface area contributed by atoms with Crippen molar-refractivity contribution in [2.45, 2.75) is 0 Å². The maximum atomic E-state index is 6.61. The van der Waals surface area contributed by atoms with Crippen molar-refractivity contribution in [3.63, 3.8) is 0 Å². The molecule has 0 aliphatic carbocycles. The van der Waals surface area contributed by atoms with Crippen LogP contribution in [-0.4, -0.2) is 9.97 Å². The molecule has 0 N–H and O–H groups in total. The maximum absolute atomic E-state index is 6.61. The molecule has 3 nitrogen and oxygen atoms in total. The molecule has 3 heteroatoms. The van der Waals surface area contributed by atoms with Crippen LogP contribution < -0.4 is 0 Å². The number of nitrogens with zero attached hydrogens (tertiary/aromatic N) is 2. The summed E-state index contributed by atoms with van der Waals surface area (Å²) in [4.78, 5) is 10.7. The average molecular weight is 753 g/mol. The lowest BCUT2D eigenvalue weighted by Crippen LogP contribution is -1.98. The van der Waals surface area contributed by atoms with Crippen LogP contribution >= 0.6 is 0 Å². The average Bonchev–Trinajstić information content (AvgIpc) is 3.71. The predicted molar refractivity (Wildman–Crippen MR) is 245 cm³/mol. The molecule has 2 aromatic heterocycles. The number of hydrogen-bond acceptors (Lipinski definition) is 3. The third-order valence-electron chi connectivity index (χ3n) is 11.3. The van der Waals surface area contributed by atoms with E-state index >= 15 is 0 Å². The summed E-state index contributed by atoms with van der Waals surface area (Å²) in [5.74, 6) is 0.668. The van der Waals surface area contributed by atoms with Crippen LogP contribution in [0.15, 0.2) is 223 Å². The van der Waals surface area contributed by atoms with E-state index in [1.807, 2.05) is 30.3 Å². The molecule has 11 rings (SSSR count). The Hall–Kier alpha value is -7.88. The van der Waals surface area contributed by atoms with Crippen molar-refractivity contribution < 1.29 is 4.42 Å². The van der Waals surface area contributed by atoms with E-state index in [2.05, 4.69) is 188 Å². The van der Waals surface area contributed by atoms with Crippen LogP contribution in [0.25, 0.3) is 111 Å². The Morgan fingerprint density at radius 2 is 0.898 bits per heavy atom. The molecule has 0 radical (unpaired) electrons. The lowest BCUT2D eigenvalue weighted by molar-refractivity contribution is 0.670.